The molecule has 0 radical (unpaired) electrons. The lowest BCUT2D eigenvalue weighted by Gasteiger charge is -2.40. The van der Waals surface area contributed by atoms with E-state index >= 15 is 0 Å². The van der Waals surface area contributed by atoms with Gasteiger partial charge in [0.1, 0.15) is 6.23 Å². The quantitative estimate of drug-likeness (QED) is 0.714. The summed E-state index contributed by atoms with van der Waals surface area (Å²) in [7, 11) is 0. The Labute approximate surface area is 93.5 Å². The number of nitrogens with one attached hydrogen (secondary N) is 1. The first-order chi connectivity index (χ1) is 7.03. The van der Waals surface area contributed by atoms with Crippen LogP contribution in [0.4, 0.5) is 0 Å². The maximum Gasteiger partial charge on any atom is 0.108 e. The first-order valence-electron chi connectivity index (χ1n) is 6.04. The fourth-order valence-corrected chi connectivity index (χ4v) is 2.23. The van der Waals surface area contributed by atoms with Crippen molar-refractivity contribution in [3.05, 3.63) is 0 Å². The maximum atomic E-state index is 5.84. The van der Waals surface area contributed by atoms with Crippen molar-refractivity contribution in [1.82, 2.24) is 5.32 Å². The second kappa shape index (κ2) is 5.83. The van der Waals surface area contributed by atoms with Gasteiger partial charge in [-0.15, -0.1) is 0 Å². The van der Waals surface area contributed by atoms with Gasteiger partial charge < -0.3 is 9.47 Å². The molecule has 1 heterocycles. The second-order valence-corrected chi connectivity index (χ2v) is 5.01. The molecule has 1 aliphatic heterocycles. The largest absolute Gasteiger partial charge is 0.382 e. The van der Waals surface area contributed by atoms with E-state index in [-0.39, 0.29) is 11.8 Å². The predicted octanol–water partition coefficient (Wildman–Crippen LogP) is 2.31. The second-order valence-electron chi connectivity index (χ2n) is 5.01. The van der Waals surface area contributed by atoms with Crippen LogP contribution < -0.4 is 5.32 Å². The minimum atomic E-state index is 0.198. The Bertz CT molecular complexity index is 182. The van der Waals surface area contributed by atoms with Crippen molar-refractivity contribution in [1.29, 1.82) is 0 Å². The van der Waals surface area contributed by atoms with Gasteiger partial charge in [0, 0.05) is 18.8 Å². The van der Waals surface area contributed by atoms with Crippen molar-refractivity contribution < 1.29 is 9.47 Å². The third kappa shape index (κ3) is 4.96. The van der Waals surface area contributed by atoms with Crippen LogP contribution in [0, 0.1) is 0 Å². The summed E-state index contributed by atoms with van der Waals surface area (Å²) in [5.74, 6) is 0. The molecule has 3 nitrogen and oxygen atoms in total. The molecule has 0 aromatic rings. The summed E-state index contributed by atoms with van der Waals surface area (Å²) in [5.41, 5.74) is 0.202. The highest BCUT2D eigenvalue weighted by Crippen LogP contribution is 2.22. The topological polar surface area (TPSA) is 30.5 Å². The normalized spacial score (nSPS) is 30.4. The van der Waals surface area contributed by atoms with E-state index in [0.29, 0.717) is 6.10 Å². The summed E-state index contributed by atoms with van der Waals surface area (Å²) < 4.78 is 11.2. The van der Waals surface area contributed by atoms with E-state index in [9.17, 15) is 0 Å². The van der Waals surface area contributed by atoms with Crippen molar-refractivity contribution in [3.8, 4) is 0 Å². The molecule has 0 amide bonds. The van der Waals surface area contributed by atoms with Gasteiger partial charge in [-0.3, -0.25) is 5.32 Å². The van der Waals surface area contributed by atoms with Crippen LogP contribution in [0.5, 0.6) is 0 Å². The molecule has 1 saturated heterocycles. The van der Waals surface area contributed by atoms with Crippen LogP contribution in [0.15, 0.2) is 0 Å². The van der Waals surface area contributed by atoms with E-state index in [1.54, 1.807) is 0 Å². The molecule has 2 atom stereocenters. The summed E-state index contributed by atoms with van der Waals surface area (Å²) in [5, 5.41) is 3.52. The third-order valence-corrected chi connectivity index (χ3v) is 2.71. The number of hydrogen-bond donors (Lipinski definition) is 1. The minimum Gasteiger partial charge on any atom is -0.382 e. The van der Waals surface area contributed by atoms with Crippen LogP contribution >= 0.6 is 0 Å². The van der Waals surface area contributed by atoms with E-state index in [0.717, 1.165) is 32.5 Å². The van der Waals surface area contributed by atoms with Gasteiger partial charge in [0.15, 0.2) is 0 Å². The molecule has 15 heavy (non-hydrogen) atoms. The average Bonchev–Trinajstić information content (AvgIpc) is 2.09. The van der Waals surface area contributed by atoms with Gasteiger partial charge in [-0.05, 0) is 47.0 Å². The van der Waals surface area contributed by atoms with Crippen LogP contribution in [-0.2, 0) is 9.47 Å². The highest BCUT2D eigenvalue weighted by Gasteiger charge is 2.31. The molecule has 1 N–H and O–H groups in total. The van der Waals surface area contributed by atoms with Crippen molar-refractivity contribution >= 4 is 0 Å². The summed E-state index contributed by atoms with van der Waals surface area (Å²) in [4.78, 5) is 0. The van der Waals surface area contributed by atoms with E-state index in [4.69, 9.17) is 9.47 Å². The van der Waals surface area contributed by atoms with Gasteiger partial charge in [-0.25, -0.2) is 0 Å². The maximum absolute atomic E-state index is 5.84. The highest BCUT2D eigenvalue weighted by atomic mass is 16.5. The fraction of sp³-hybridized carbons (Fsp3) is 1.00. The SMILES string of the molecule is CCOCCCC1NC(C)(C)CC(C)O1. The first kappa shape index (κ1) is 12.9. The molecule has 2 unspecified atom stereocenters. The van der Waals surface area contributed by atoms with E-state index in [2.05, 4.69) is 26.1 Å². The Morgan fingerprint density at radius 2 is 2.20 bits per heavy atom. The van der Waals surface area contributed by atoms with Gasteiger partial charge in [0.05, 0.1) is 6.10 Å². The van der Waals surface area contributed by atoms with Gasteiger partial charge in [0.2, 0.25) is 0 Å². The standard InChI is InChI=1S/C12H25NO2/c1-5-14-8-6-7-11-13-12(3,4)9-10(2)15-11/h10-11,13H,5-9H2,1-4H3. The lowest BCUT2D eigenvalue weighted by Crippen LogP contribution is -2.54. The molecule has 1 fully saturated rings. The molecule has 90 valence electrons. The summed E-state index contributed by atoms with van der Waals surface area (Å²) in [6.45, 7) is 10.3. The number of hydrogen-bond acceptors (Lipinski definition) is 3. The van der Waals surface area contributed by atoms with E-state index in [1.165, 1.54) is 0 Å². The molecule has 1 rings (SSSR count). The summed E-state index contributed by atoms with van der Waals surface area (Å²) in [6.07, 6.45) is 3.74. The molecule has 0 aliphatic carbocycles. The lowest BCUT2D eigenvalue weighted by atomic mass is 9.95. The monoisotopic (exact) mass is 215 g/mol. The zero-order valence-corrected chi connectivity index (χ0v) is 10.5. The molecule has 0 bridgehead atoms. The first-order valence-corrected chi connectivity index (χ1v) is 6.04. The molecule has 0 spiro atoms. The zero-order valence-electron chi connectivity index (χ0n) is 10.5. The van der Waals surface area contributed by atoms with Crippen molar-refractivity contribution in [2.24, 2.45) is 0 Å². The van der Waals surface area contributed by atoms with Gasteiger partial charge in [-0.2, -0.15) is 0 Å². The lowest BCUT2D eigenvalue weighted by molar-refractivity contribution is -0.0923. The van der Waals surface area contributed by atoms with Gasteiger partial charge in [0.25, 0.3) is 0 Å². The Morgan fingerprint density at radius 3 is 2.80 bits per heavy atom. The van der Waals surface area contributed by atoms with Crippen LogP contribution in [-0.4, -0.2) is 31.1 Å². The Hall–Kier alpha value is -0.120. The Kier molecular flexibility index (Phi) is 5.03. The zero-order chi connectivity index (χ0) is 11.3. The van der Waals surface area contributed by atoms with Crippen LogP contribution in [0.1, 0.15) is 47.0 Å². The molecule has 1 aliphatic rings. The van der Waals surface area contributed by atoms with E-state index in [1.807, 2.05) is 6.92 Å². The smallest absolute Gasteiger partial charge is 0.108 e. The van der Waals surface area contributed by atoms with Crippen LogP contribution in [0.2, 0.25) is 0 Å². The molecule has 0 saturated carbocycles. The molecular formula is C12H25NO2. The van der Waals surface area contributed by atoms with Crippen LogP contribution in [0.25, 0.3) is 0 Å². The van der Waals surface area contributed by atoms with Gasteiger partial charge in [-0.1, -0.05) is 0 Å². The Morgan fingerprint density at radius 1 is 1.47 bits per heavy atom. The van der Waals surface area contributed by atoms with E-state index < -0.39 is 0 Å². The third-order valence-electron chi connectivity index (χ3n) is 2.71. The Balaban J connectivity index is 2.23. The van der Waals surface area contributed by atoms with Crippen molar-refractivity contribution in [2.75, 3.05) is 13.2 Å². The molecular weight excluding hydrogens is 190 g/mol. The molecule has 0 aromatic carbocycles. The summed E-state index contributed by atoms with van der Waals surface area (Å²) >= 11 is 0. The van der Waals surface area contributed by atoms with Crippen molar-refractivity contribution in [2.45, 2.75) is 64.8 Å². The predicted molar refractivity (Wildman–Crippen MR) is 61.9 cm³/mol. The number of ether oxygens (including phenoxy) is 2. The molecule has 0 aromatic heterocycles. The average molecular weight is 215 g/mol. The number of rotatable bonds is 5. The van der Waals surface area contributed by atoms with Gasteiger partial charge >= 0.3 is 0 Å². The van der Waals surface area contributed by atoms with Crippen LogP contribution in [0.3, 0.4) is 0 Å². The van der Waals surface area contributed by atoms with Crippen molar-refractivity contribution in [3.63, 3.8) is 0 Å². The summed E-state index contributed by atoms with van der Waals surface area (Å²) in [6, 6.07) is 0. The minimum absolute atomic E-state index is 0.198. The fourth-order valence-electron chi connectivity index (χ4n) is 2.23. The highest BCUT2D eigenvalue weighted by molar-refractivity contribution is 4.85. The molecule has 3 heteroatoms.